The standard InChI is InChI=1S/C26H34N2O3/c1-2-18-9-10-24-21(14-18)22(16-26(31-24)11-6-12-26)28-17-23(29)20(15-25(27)30)13-19-7-4-3-5-8-19/h3-5,7-10,14,20,22-23,28-29H,2,6,11-13,15-17H2,1H3,(H2,27,30)/t20-,22-,23-/m0/s1. The summed E-state index contributed by atoms with van der Waals surface area (Å²) in [5.41, 5.74) is 8.99. The lowest BCUT2D eigenvalue weighted by Gasteiger charge is -2.48. The molecular weight excluding hydrogens is 388 g/mol. The number of ether oxygens (including phenoxy) is 1. The molecule has 2 aromatic carbocycles. The number of rotatable bonds is 9. The Morgan fingerprint density at radius 2 is 2.00 bits per heavy atom. The zero-order valence-corrected chi connectivity index (χ0v) is 18.3. The van der Waals surface area contributed by atoms with Crippen LogP contribution in [0, 0.1) is 5.92 Å². The number of aryl methyl sites for hydroxylation is 1. The van der Waals surface area contributed by atoms with Crippen molar-refractivity contribution >= 4 is 5.91 Å². The summed E-state index contributed by atoms with van der Waals surface area (Å²) in [6.07, 6.45) is 5.40. The minimum absolute atomic E-state index is 0.0694. The van der Waals surface area contributed by atoms with Crippen LogP contribution in [0.25, 0.3) is 0 Å². The lowest BCUT2D eigenvalue weighted by atomic mass is 9.72. The van der Waals surface area contributed by atoms with Crippen molar-refractivity contribution in [3.63, 3.8) is 0 Å². The molecule has 0 bridgehead atoms. The molecule has 2 aliphatic rings. The molecule has 166 valence electrons. The van der Waals surface area contributed by atoms with Crippen molar-refractivity contribution in [2.45, 2.75) is 69.6 Å². The number of hydrogen-bond acceptors (Lipinski definition) is 4. The molecule has 4 N–H and O–H groups in total. The number of nitrogens with two attached hydrogens (primary N) is 1. The van der Waals surface area contributed by atoms with Gasteiger partial charge < -0.3 is 20.9 Å². The van der Waals surface area contributed by atoms with Crippen molar-refractivity contribution in [1.29, 1.82) is 0 Å². The topological polar surface area (TPSA) is 84.6 Å². The molecule has 2 aromatic rings. The van der Waals surface area contributed by atoms with E-state index in [2.05, 4.69) is 30.4 Å². The van der Waals surface area contributed by atoms with Gasteiger partial charge in [-0.3, -0.25) is 4.79 Å². The number of aliphatic hydroxyl groups is 1. The van der Waals surface area contributed by atoms with Gasteiger partial charge in [-0.15, -0.1) is 0 Å². The Balaban J connectivity index is 1.47. The highest BCUT2D eigenvalue weighted by atomic mass is 16.5. The second-order valence-corrected chi connectivity index (χ2v) is 9.22. The van der Waals surface area contributed by atoms with Gasteiger partial charge in [-0.2, -0.15) is 0 Å². The number of amides is 1. The lowest BCUT2D eigenvalue weighted by Crippen LogP contribution is -2.50. The lowest BCUT2D eigenvalue weighted by molar-refractivity contribution is -0.119. The van der Waals surface area contributed by atoms with Crippen molar-refractivity contribution in [2.75, 3.05) is 6.54 Å². The van der Waals surface area contributed by atoms with Gasteiger partial charge in [-0.25, -0.2) is 0 Å². The number of aliphatic hydroxyl groups excluding tert-OH is 1. The van der Waals surface area contributed by atoms with Crippen LogP contribution >= 0.6 is 0 Å². The monoisotopic (exact) mass is 422 g/mol. The molecule has 5 heteroatoms. The number of benzene rings is 2. The van der Waals surface area contributed by atoms with E-state index in [1.54, 1.807) is 0 Å². The third kappa shape index (κ3) is 5.10. The van der Waals surface area contributed by atoms with E-state index in [0.717, 1.165) is 37.0 Å². The van der Waals surface area contributed by atoms with Gasteiger partial charge in [0.25, 0.3) is 0 Å². The Labute approximate surface area is 185 Å². The van der Waals surface area contributed by atoms with Crippen molar-refractivity contribution in [3.05, 3.63) is 65.2 Å². The summed E-state index contributed by atoms with van der Waals surface area (Å²) in [5.74, 6) is 0.372. The summed E-state index contributed by atoms with van der Waals surface area (Å²) >= 11 is 0. The van der Waals surface area contributed by atoms with Crippen LogP contribution < -0.4 is 15.8 Å². The average Bonchev–Trinajstić information content (AvgIpc) is 2.75. The second-order valence-electron chi connectivity index (χ2n) is 9.22. The molecule has 1 fully saturated rings. The predicted molar refractivity (Wildman–Crippen MR) is 122 cm³/mol. The van der Waals surface area contributed by atoms with Crippen LogP contribution in [-0.4, -0.2) is 29.3 Å². The highest BCUT2D eigenvalue weighted by Gasteiger charge is 2.45. The summed E-state index contributed by atoms with van der Waals surface area (Å²) in [7, 11) is 0. The molecule has 0 saturated heterocycles. The van der Waals surface area contributed by atoms with Crippen molar-refractivity contribution in [3.8, 4) is 5.75 Å². The maximum Gasteiger partial charge on any atom is 0.217 e. The number of hydrogen-bond donors (Lipinski definition) is 3. The van der Waals surface area contributed by atoms with Gasteiger partial charge in [0.15, 0.2) is 0 Å². The molecule has 1 aliphatic heterocycles. The summed E-state index contributed by atoms with van der Waals surface area (Å²) in [6, 6.07) is 16.6. The fourth-order valence-corrected chi connectivity index (χ4v) is 4.95. The Kier molecular flexibility index (Phi) is 6.63. The number of carbonyl (C=O) groups is 1. The highest BCUT2D eigenvalue weighted by molar-refractivity contribution is 5.74. The largest absolute Gasteiger partial charge is 0.487 e. The SMILES string of the molecule is CCc1ccc2c(c1)[C@@H](NC[C@H](O)[C@H](CC(N)=O)Cc1ccccc1)CC1(CCC1)O2. The fourth-order valence-electron chi connectivity index (χ4n) is 4.95. The Hall–Kier alpha value is -2.37. The van der Waals surface area contributed by atoms with E-state index in [-0.39, 0.29) is 29.9 Å². The van der Waals surface area contributed by atoms with Gasteiger partial charge in [0.1, 0.15) is 11.4 Å². The van der Waals surface area contributed by atoms with Gasteiger partial charge in [0, 0.05) is 31.0 Å². The number of primary amides is 1. The van der Waals surface area contributed by atoms with Gasteiger partial charge in [-0.05, 0) is 55.2 Å². The molecule has 5 nitrogen and oxygen atoms in total. The molecule has 3 atom stereocenters. The van der Waals surface area contributed by atoms with Gasteiger partial charge in [0.2, 0.25) is 5.91 Å². The van der Waals surface area contributed by atoms with Gasteiger partial charge >= 0.3 is 0 Å². The Morgan fingerprint density at radius 3 is 2.65 bits per heavy atom. The average molecular weight is 423 g/mol. The van der Waals surface area contributed by atoms with E-state index in [1.165, 1.54) is 17.5 Å². The Bertz CT molecular complexity index is 895. The minimum Gasteiger partial charge on any atom is -0.487 e. The molecule has 0 unspecified atom stereocenters. The zero-order valence-electron chi connectivity index (χ0n) is 18.3. The molecule has 1 aliphatic carbocycles. The molecule has 1 heterocycles. The van der Waals surface area contributed by atoms with E-state index >= 15 is 0 Å². The first-order chi connectivity index (χ1) is 15.0. The third-order valence-corrected chi connectivity index (χ3v) is 6.95. The predicted octanol–water partition coefficient (Wildman–Crippen LogP) is 3.68. The minimum atomic E-state index is -0.661. The zero-order chi connectivity index (χ0) is 21.8. The van der Waals surface area contributed by atoms with Gasteiger partial charge in [-0.1, -0.05) is 49.4 Å². The van der Waals surface area contributed by atoms with Crippen LogP contribution in [0.5, 0.6) is 5.75 Å². The maximum atomic E-state index is 11.7. The van der Waals surface area contributed by atoms with E-state index < -0.39 is 6.10 Å². The first kappa shape index (κ1) is 21.8. The van der Waals surface area contributed by atoms with E-state index in [9.17, 15) is 9.90 Å². The molecule has 1 saturated carbocycles. The van der Waals surface area contributed by atoms with Crippen LogP contribution in [0.4, 0.5) is 0 Å². The molecule has 1 amide bonds. The molecule has 4 rings (SSSR count). The first-order valence-corrected chi connectivity index (χ1v) is 11.5. The van der Waals surface area contributed by atoms with Crippen LogP contribution in [0.2, 0.25) is 0 Å². The van der Waals surface area contributed by atoms with Gasteiger partial charge in [0.05, 0.1) is 6.10 Å². The fraction of sp³-hybridized carbons (Fsp3) is 0.500. The van der Waals surface area contributed by atoms with Crippen LogP contribution in [-0.2, 0) is 17.6 Å². The second kappa shape index (κ2) is 9.41. The summed E-state index contributed by atoms with van der Waals surface area (Å²) < 4.78 is 6.41. The number of nitrogens with one attached hydrogen (secondary N) is 1. The van der Waals surface area contributed by atoms with E-state index in [1.807, 2.05) is 30.3 Å². The third-order valence-electron chi connectivity index (χ3n) is 6.95. The van der Waals surface area contributed by atoms with Crippen molar-refractivity contribution in [2.24, 2.45) is 11.7 Å². The number of carbonyl (C=O) groups excluding carboxylic acids is 1. The van der Waals surface area contributed by atoms with Crippen LogP contribution in [0.1, 0.15) is 61.8 Å². The smallest absolute Gasteiger partial charge is 0.217 e. The molecule has 0 aromatic heterocycles. The van der Waals surface area contributed by atoms with Crippen molar-refractivity contribution in [1.82, 2.24) is 5.32 Å². The first-order valence-electron chi connectivity index (χ1n) is 11.5. The molecule has 1 spiro atoms. The van der Waals surface area contributed by atoms with E-state index in [4.69, 9.17) is 10.5 Å². The molecule has 31 heavy (non-hydrogen) atoms. The molecule has 0 radical (unpaired) electrons. The highest BCUT2D eigenvalue weighted by Crippen LogP contribution is 2.49. The Morgan fingerprint density at radius 1 is 1.23 bits per heavy atom. The quantitative estimate of drug-likeness (QED) is 0.576. The summed E-state index contributed by atoms with van der Waals surface area (Å²) in [4.78, 5) is 11.7. The van der Waals surface area contributed by atoms with E-state index in [0.29, 0.717) is 13.0 Å². The summed E-state index contributed by atoms with van der Waals surface area (Å²) in [6.45, 7) is 2.57. The maximum absolute atomic E-state index is 11.7. The van der Waals surface area contributed by atoms with Crippen molar-refractivity contribution < 1.29 is 14.6 Å². The van der Waals surface area contributed by atoms with Crippen LogP contribution in [0.15, 0.2) is 48.5 Å². The summed E-state index contributed by atoms with van der Waals surface area (Å²) in [5, 5.41) is 14.6. The van der Waals surface area contributed by atoms with Crippen LogP contribution in [0.3, 0.4) is 0 Å². The molecular formula is C26H34N2O3. The normalized spacial score (nSPS) is 20.9. The number of fused-ring (bicyclic) bond motifs is 1.